The van der Waals surface area contributed by atoms with Crippen molar-refractivity contribution in [3.05, 3.63) is 12.2 Å². The van der Waals surface area contributed by atoms with Crippen LogP contribution in [0.15, 0.2) is 12.2 Å². The van der Waals surface area contributed by atoms with E-state index in [0.717, 1.165) is 5.92 Å². The van der Waals surface area contributed by atoms with Crippen LogP contribution in [0.5, 0.6) is 0 Å². The first-order valence-electron chi connectivity index (χ1n) is 3.81. The Balaban J connectivity index is 0. The maximum atomic E-state index is 2.17. The molecule has 0 saturated heterocycles. The van der Waals surface area contributed by atoms with Crippen LogP contribution in [0.3, 0.4) is 0 Å². The van der Waals surface area contributed by atoms with Crippen LogP contribution in [0.2, 0.25) is 0 Å². The minimum atomic E-state index is 0.718. The van der Waals surface area contributed by atoms with Gasteiger partial charge in [0.05, 0.1) is 0 Å². The summed E-state index contributed by atoms with van der Waals surface area (Å²) in [6.45, 7) is 10.6. The van der Waals surface area contributed by atoms with E-state index in [1.165, 1.54) is 6.42 Å². The third kappa shape index (κ3) is 34.0. The van der Waals surface area contributed by atoms with Gasteiger partial charge in [-0.25, -0.2) is 0 Å². The van der Waals surface area contributed by atoms with E-state index in [1.807, 2.05) is 6.92 Å². The lowest BCUT2D eigenvalue weighted by Gasteiger charge is -1.86. The van der Waals surface area contributed by atoms with Gasteiger partial charge in [-0.15, -0.1) is 0 Å². The molecule has 56 valence electrons. The molecule has 0 aromatic rings. The molecule has 0 aliphatic rings. The third-order valence-electron chi connectivity index (χ3n) is 0.577. The van der Waals surface area contributed by atoms with Gasteiger partial charge in [-0.3, -0.25) is 0 Å². The Kier molecular flexibility index (Phi) is 13.7. The zero-order chi connectivity index (χ0) is 7.70. The van der Waals surface area contributed by atoms with Gasteiger partial charge in [-0.1, -0.05) is 46.3 Å². The van der Waals surface area contributed by atoms with Gasteiger partial charge < -0.3 is 0 Å². The molecule has 0 N–H and O–H groups in total. The monoisotopic (exact) mass is 128 g/mol. The summed E-state index contributed by atoms with van der Waals surface area (Å²) in [5.74, 6) is 0.718. The van der Waals surface area contributed by atoms with E-state index in [2.05, 4.69) is 39.8 Å². The highest BCUT2D eigenvalue weighted by Gasteiger charge is 1.76. The molecule has 0 rings (SSSR count). The molecule has 0 bridgehead atoms. The number of hydrogen-bond acceptors (Lipinski definition) is 0. The van der Waals surface area contributed by atoms with Gasteiger partial charge in [-0.05, 0) is 12.8 Å². The van der Waals surface area contributed by atoms with Gasteiger partial charge in [-0.2, -0.15) is 0 Å². The van der Waals surface area contributed by atoms with Gasteiger partial charge in [0.15, 0.2) is 0 Å². The van der Waals surface area contributed by atoms with Crippen LogP contribution in [0.1, 0.15) is 41.0 Å². The molecule has 0 aromatic carbocycles. The Labute approximate surface area is 60.0 Å². The van der Waals surface area contributed by atoms with Crippen molar-refractivity contribution in [2.75, 3.05) is 0 Å². The van der Waals surface area contributed by atoms with Crippen LogP contribution < -0.4 is 0 Å². The lowest BCUT2D eigenvalue weighted by atomic mass is 10.2. The van der Waals surface area contributed by atoms with Crippen molar-refractivity contribution in [1.29, 1.82) is 0 Å². The molecular weight excluding hydrogens is 108 g/mol. The maximum Gasteiger partial charge on any atom is -0.0291 e. The molecule has 0 aliphatic carbocycles. The Morgan fingerprint density at radius 1 is 1.22 bits per heavy atom. The van der Waals surface area contributed by atoms with Crippen LogP contribution in [0.4, 0.5) is 0 Å². The first-order valence-corrected chi connectivity index (χ1v) is 3.81. The highest BCUT2D eigenvalue weighted by molar-refractivity contribution is 4.79. The van der Waals surface area contributed by atoms with Crippen LogP contribution in [-0.2, 0) is 0 Å². The molecule has 0 nitrogen and oxygen atoms in total. The zero-order valence-corrected chi connectivity index (χ0v) is 7.44. The molecule has 0 radical (unpaired) electrons. The van der Waals surface area contributed by atoms with Gasteiger partial charge in [0.1, 0.15) is 0 Å². The zero-order valence-electron chi connectivity index (χ0n) is 7.44. The third-order valence-corrected chi connectivity index (χ3v) is 0.577. The average Bonchev–Trinajstić information content (AvgIpc) is 1.67. The summed E-state index contributed by atoms with van der Waals surface area (Å²) in [7, 11) is 0. The van der Waals surface area contributed by atoms with Crippen molar-refractivity contribution in [2.24, 2.45) is 5.92 Å². The second-order valence-corrected chi connectivity index (χ2v) is 2.48. The molecule has 0 spiro atoms. The topological polar surface area (TPSA) is 0 Å². The van der Waals surface area contributed by atoms with Crippen molar-refractivity contribution in [3.63, 3.8) is 0 Å². The lowest BCUT2D eigenvalue weighted by molar-refractivity contribution is 0.830. The first kappa shape index (κ1) is 11.5. The predicted octanol–water partition coefficient (Wildman–Crippen LogP) is 3.63. The van der Waals surface area contributed by atoms with Gasteiger partial charge in [0, 0.05) is 0 Å². The van der Waals surface area contributed by atoms with Crippen LogP contribution in [0, 0.1) is 5.92 Å². The summed E-state index contributed by atoms with van der Waals surface area (Å²) in [5, 5.41) is 0. The van der Waals surface area contributed by atoms with Crippen molar-refractivity contribution < 1.29 is 0 Å². The van der Waals surface area contributed by atoms with E-state index < -0.39 is 0 Å². The fourth-order valence-corrected chi connectivity index (χ4v) is 0.385. The largest absolute Gasteiger partial charge is 0.0914 e. The second-order valence-electron chi connectivity index (χ2n) is 2.48. The minimum Gasteiger partial charge on any atom is -0.0914 e. The molecule has 9 heavy (non-hydrogen) atoms. The second kappa shape index (κ2) is 10.7. The molecule has 0 fully saturated rings. The summed E-state index contributed by atoms with van der Waals surface area (Å²) in [6.07, 6.45) is 5.49. The molecule has 0 saturated carbocycles. The van der Waals surface area contributed by atoms with Crippen LogP contribution in [-0.4, -0.2) is 0 Å². The van der Waals surface area contributed by atoms with E-state index >= 15 is 0 Å². The minimum absolute atomic E-state index is 0.718. The van der Waals surface area contributed by atoms with Crippen molar-refractivity contribution in [2.45, 2.75) is 41.0 Å². The van der Waals surface area contributed by atoms with Crippen molar-refractivity contribution in [3.8, 4) is 0 Å². The van der Waals surface area contributed by atoms with Gasteiger partial charge in [0.25, 0.3) is 0 Å². The molecular formula is C9H20. The number of rotatable bonds is 1. The first-order chi connectivity index (χ1) is 4.18. The molecule has 0 aliphatic heterocycles. The normalized spacial score (nSPS) is 9.56. The number of hydrogen-bond donors (Lipinski definition) is 0. The lowest BCUT2D eigenvalue weighted by Crippen LogP contribution is -1.73. The molecule has 0 heteroatoms. The maximum absolute atomic E-state index is 2.17. The molecule has 0 heterocycles. The fourth-order valence-electron chi connectivity index (χ4n) is 0.385. The van der Waals surface area contributed by atoms with E-state index in [1.54, 1.807) is 0 Å². The SMILES string of the molecule is C/C=C\C(C)C.CCC. The Morgan fingerprint density at radius 3 is 1.56 bits per heavy atom. The van der Waals surface area contributed by atoms with Gasteiger partial charge in [0.2, 0.25) is 0 Å². The predicted molar refractivity (Wildman–Crippen MR) is 45.6 cm³/mol. The van der Waals surface area contributed by atoms with Crippen molar-refractivity contribution in [1.82, 2.24) is 0 Å². The van der Waals surface area contributed by atoms with E-state index in [0.29, 0.717) is 0 Å². The quantitative estimate of drug-likeness (QED) is 0.473. The van der Waals surface area contributed by atoms with E-state index in [-0.39, 0.29) is 0 Å². The highest BCUT2D eigenvalue weighted by Crippen LogP contribution is 1.90. The standard InChI is InChI=1S/C6H12.C3H8/c1-4-5-6(2)3;1-3-2/h4-6H,1-3H3;3H2,1-2H3/b5-4-;. The summed E-state index contributed by atoms with van der Waals surface area (Å²) in [6, 6.07) is 0. The van der Waals surface area contributed by atoms with Crippen LogP contribution in [0.25, 0.3) is 0 Å². The summed E-state index contributed by atoms with van der Waals surface area (Å²) >= 11 is 0. The fraction of sp³-hybridized carbons (Fsp3) is 0.778. The van der Waals surface area contributed by atoms with E-state index in [9.17, 15) is 0 Å². The van der Waals surface area contributed by atoms with Crippen molar-refractivity contribution >= 4 is 0 Å². The number of allylic oxidation sites excluding steroid dienone is 2. The Morgan fingerprint density at radius 2 is 1.56 bits per heavy atom. The molecule has 0 unspecified atom stereocenters. The summed E-state index contributed by atoms with van der Waals surface area (Å²) in [4.78, 5) is 0. The molecule has 0 aromatic heterocycles. The Bertz CT molecular complexity index is 51.1. The molecule has 0 atom stereocenters. The smallest absolute Gasteiger partial charge is 0.0291 e. The Hall–Kier alpha value is -0.260. The summed E-state index contributed by atoms with van der Waals surface area (Å²) < 4.78 is 0. The van der Waals surface area contributed by atoms with Crippen LogP contribution >= 0.6 is 0 Å². The average molecular weight is 128 g/mol. The highest BCUT2D eigenvalue weighted by atomic mass is 13.8. The van der Waals surface area contributed by atoms with E-state index in [4.69, 9.17) is 0 Å². The molecule has 0 amide bonds. The summed E-state index contributed by atoms with van der Waals surface area (Å²) in [5.41, 5.74) is 0. The van der Waals surface area contributed by atoms with Gasteiger partial charge >= 0.3 is 0 Å².